The van der Waals surface area contributed by atoms with Gasteiger partial charge in [0.1, 0.15) is 5.72 Å². The number of rotatable bonds is 1. The van der Waals surface area contributed by atoms with Gasteiger partial charge in [0.05, 0.1) is 6.61 Å². The van der Waals surface area contributed by atoms with Crippen LogP contribution >= 0.6 is 12.4 Å². The zero-order valence-electron chi connectivity index (χ0n) is 8.14. The summed E-state index contributed by atoms with van der Waals surface area (Å²) in [6, 6.07) is 0. The quantitative estimate of drug-likeness (QED) is 0.664. The van der Waals surface area contributed by atoms with Gasteiger partial charge in [-0.15, -0.1) is 12.4 Å². The molecular weight excluding hydrogens is 188 g/mol. The highest BCUT2D eigenvalue weighted by Gasteiger charge is 2.38. The van der Waals surface area contributed by atoms with Crippen LogP contribution in [0.4, 0.5) is 0 Å². The molecular formula is C9H19ClN2O. The van der Waals surface area contributed by atoms with E-state index in [4.69, 9.17) is 4.74 Å². The van der Waals surface area contributed by atoms with Crippen LogP contribution in [0.2, 0.25) is 0 Å². The molecule has 2 fully saturated rings. The van der Waals surface area contributed by atoms with Crippen molar-refractivity contribution in [1.82, 2.24) is 10.6 Å². The lowest BCUT2D eigenvalue weighted by atomic mass is 9.90. The van der Waals surface area contributed by atoms with Crippen molar-refractivity contribution >= 4 is 12.4 Å². The lowest BCUT2D eigenvalue weighted by Crippen LogP contribution is -2.51. The van der Waals surface area contributed by atoms with Gasteiger partial charge in [0.15, 0.2) is 0 Å². The maximum atomic E-state index is 5.73. The number of hydrogen-bond acceptors (Lipinski definition) is 3. The molecule has 0 aromatic rings. The molecule has 2 atom stereocenters. The minimum Gasteiger partial charge on any atom is -0.359 e. The molecule has 2 rings (SSSR count). The second-order valence-corrected chi connectivity index (χ2v) is 3.93. The van der Waals surface area contributed by atoms with E-state index in [1.807, 2.05) is 0 Å². The van der Waals surface area contributed by atoms with Crippen molar-refractivity contribution in [2.75, 3.05) is 26.2 Å². The number of halogens is 1. The van der Waals surface area contributed by atoms with Gasteiger partial charge in [-0.2, -0.15) is 0 Å². The third kappa shape index (κ3) is 2.34. The van der Waals surface area contributed by atoms with E-state index in [1.165, 1.54) is 19.4 Å². The van der Waals surface area contributed by atoms with Gasteiger partial charge < -0.3 is 10.1 Å². The summed E-state index contributed by atoms with van der Waals surface area (Å²) in [5.41, 5.74) is -0.0482. The lowest BCUT2D eigenvalue weighted by molar-refractivity contribution is -0.0498. The van der Waals surface area contributed by atoms with Crippen LogP contribution in [0.3, 0.4) is 0 Å². The summed E-state index contributed by atoms with van der Waals surface area (Å²) >= 11 is 0. The average Bonchev–Trinajstić information content (AvgIpc) is 2.55. The molecule has 0 saturated carbocycles. The molecule has 2 saturated heterocycles. The van der Waals surface area contributed by atoms with Gasteiger partial charge in [-0.05, 0) is 26.3 Å². The number of piperidine rings is 1. The molecule has 0 aromatic heterocycles. The highest BCUT2D eigenvalue weighted by molar-refractivity contribution is 5.85. The molecule has 13 heavy (non-hydrogen) atoms. The van der Waals surface area contributed by atoms with E-state index in [2.05, 4.69) is 17.6 Å². The maximum Gasteiger partial charge on any atom is 0.120 e. The van der Waals surface area contributed by atoms with Gasteiger partial charge in [-0.3, -0.25) is 5.32 Å². The Bertz CT molecular complexity index is 154. The molecule has 0 bridgehead atoms. The van der Waals surface area contributed by atoms with Crippen molar-refractivity contribution in [3.8, 4) is 0 Å². The monoisotopic (exact) mass is 206 g/mol. The largest absolute Gasteiger partial charge is 0.359 e. The zero-order chi connectivity index (χ0) is 8.44. The second kappa shape index (κ2) is 4.60. The van der Waals surface area contributed by atoms with Crippen molar-refractivity contribution in [3.63, 3.8) is 0 Å². The van der Waals surface area contributed by atoms with Crippen LogP contribution in [0.1, 0.15) is 19.8 Å². The predicted octanol–water partition coefficient (Wildman–Crippen LogP) is 0.744. The topological polar surface area (TPSA) is 33.3 Å². The Labute approximate surface area is 86.0 Å². The fraction of sp³-hybridized carbons (Fsp3) is 1.00. The first kappa shape index (κ1) is 11.2. The predicted molar refractivity (Wildman–Crippen MR) is 55.2 cm³/mol. The molecule has 0 amide bonds. The Kier molecular flexibility index (Phi) is 3.98. The van der Waals surface area contributed by atoms with E-state index < -0.39 is 0 Å². The van der Waals surface area contributed by atoms with E-state index in [9.17, 15) is 0 Å². The van der Waals surface area contributed by atoms with E-state index in [-0.39, 0.29) is 18.1 Å². The third-order valence-electron chi connectivity index (χ3n) is 3.06. The number of hydrogen-bond donors (Lipinski definition) is 2. The minimum atomic E-state index is -0.0482. The third-order valence-corrected chi connectivity index (χ3v) is 3.06. The van der Waals surface area contributed by atoms with Crippen LogP contribution in [-0.2, 0) is 4.74 Å². The van der Waals surface area contributed by atoms with E-state index in [0.717, 1.165) is 19.7 Å². The number of nitrogens with one attached hydrogen (secondary N) is 2. The molecule has 78 valence electrons. The fourth-order valence-electron chi connectivity index (χ4n) is 2.20. The summed E-state index contributed by atoms with van der Waals surface area (Å²) in [5.74, 6) is 0.647. The van der Waals surface area contributed by atoms with Gasteiger partial charge >= 0.3 is 0 Å². The summed E-state index contributed by atoms with van der Waals surface area (Å²) in [7, 11) is 0. The molecule has 3 nitrogen and oxygen atoms in total. The van der Waals surface area contributed by atoms with Crippen molar-refractivity contribution in [2.24, 2.45) is 5.92 Å². The van der Waals surface area contributed by atoms with E-state index in [1.54, 1.807) is 0 Å². The fourth-order valence-corrected chi connectivity index (χ4v) is 2.20. The summed E-state index contributed by atoms with van der Waals surface area (Å²) in [6.45, 7) is 6.33. The van der Waals surface area contributed by atoms with Gasteiger partial charge in [0.25, 0.3) is 0 Å². The molecule has 4 heteroatoms. The Hall–Kier alpha value is 0.170. The highest BCUT2D eigenvalue weighted by atomic mass is 35.5. The van der Waals surface area contributed by atoms with E-state index in [0.29, 0.717) is 5.92 Å². The molecule has 0 aliphatic carbocycles. The van der Waals surface area contributed by atoms with Crippen LogP contribution in [0.25, 0.3) is 0 Å². The Balaban J connectivity index is 0.000000845. The first-order chi connectivity index (χ1) is 5.81. The molecule has 0 aromatic carbocycles. The SMILES string of the molecule is CC1(C2CCCNC2)NCCO1.Cl. The normalized spacial score (nSPS) is 39.9. The van der Waals surface area contributed by atoms with Crippen LogP contribution in [0.15, 0.2) is 0 Å². The van der Waals surface area contributed by atoms with Gasteiger partial charge in [-0.25, -0.2) is 0 Å². The van der Waals surface area contributed by atoms with E-state index >= 15 is 0 Å². The van der Waals surface area contributed by atoms with Crippen molar-refractivity contribution in [2.45, 2.75) is 25.5 Å². The summed E-state index contributed by atoms with van der Waals surface area (Å²) in [5, 5.41) is 6.86. The Morgan fingerprint density at radius 3 is 2.77 bits per heavy atom. The molecule has 0 spiro atoms. The Morgan fingerprint density at radius 2 is 2.23 bits per heavy atom. The smallest absolute Gasteiger partial charge is 0.120 e. The lowest BCUT2D eigenvalue weighted by Gasteiger charge is -2.36. The van der Waals surface area contributed by atoms with Crippen molar-refractivity contribution in [3.05, 3.63) is 0 Å². The Morgan fingerprint density at radius 1 is 1.38 bits per heavy atom. The summed E-state index contributed by atoms with van der Waals surface area (Å²) in [6.07, 6.45) is 2.57. The first-order valence-electron chi connectivity index (χ1n) is 4.91. The van der Waals surface area contributed by atoms with Gasteiger partial charge in [0.2, 0.25) is 0 Å². The number of ether oxygens (including phenoxy) is 1. The first-order valence-corrected chi connectivity index (χ1v) is 4.91. The van der Waals surface area contributed by atoms with Crippen LogP contribution in [0, 0.1) is 5.92 Å². The zero-order valence-corrected chi connectivity index (χ0v) is 8.95. The summed E-state index contributed by atoms with van der Waals surface area (Å²) < 4.78 is 5.73. The highest BCUT2D eigenvalue weighted by Crippen LogP contribution is 2.27. The molecule has 2 aliphatic heterocycles. The van der Waals surface area contributed by atoms with Crippen LogP contribution in [-0.4, -0.2) is 32.0 Å². The van der Waals surface area contributed by atoms with Crippen molar-refractivity contribution in [1.29, 1.82) is 0 Å². The molecule has 0 radical (unpaired) electrons. The van der Waals surface area contributed by atoms with Crippen LogP contribution in [0.5, 0.6) is 0 Å². The van der Waals surface area contributed by atoms with Crippen molar-refractivity contribution < 1.29 is 4.74 Å². The molecule has 2 N–H and O–H groups in total. The average molecular weight is 207 g/mol. The molecule has 2 heterocycles. The molecule has 2 unspecified atom stereocenters. The molecule has 2 aliphatic rings. The summed E-state index contributed by atoms with van der Waals surface area (Å²) in [4.78, 5) is 0. The second-order valence-electron chi connectivity index (χ2n) is 3.93. The van der Waals surface area contributed by atoms with Crippen LogP contribution < -0.4 is 10.6 Å². The maximum absolute atomic E-state index is 5.73. The van der Waals surface area contributed by atoms with Gasteiger partial charge in [-0.1, -0.05) is 0 Å². The minimum absolute atomic E-state index is 0. The van der Waals surface area contributed by atoms with Gasteiger partial charge in [0, 0.05) is 19.0 Å². The standard InChI is InChI=1S/C9H18N2O.ClH/c1-9(11-5-6-12-9)8-3-2-4-10-7-8;/h8,10-11H,2-7H2,1H3;1H.